The molecule has 1 aliphatic rings. The second kappa shape index (κ2) is 9.07. The molecule has 2 atom stereocenters. The van der Waals surface area contributed by atoms with Crippen LogP contribution >= 0.6 is 0 Å². The number of carbonyl (C=O) groups excluding carboxylic acids is 1. The smallest absolute Gasteiger partial charge is 0.294 e. The van der Waals surface area contributed by atoms with E-state index in [-0.39, 0.29) is 22.6 Å². The Bertz CT molecular complexity index is 1430. The van der Waals surface area contributed by atoms with E-state index in [1.54, 1.807) is 53.4 Å². The number of sulfonamides is 1. The molecule has 1 amide bonds. The summed E-state index contributed by atoms with van der Waals surface area (Å²) in [6, 6.07) is 26.1. The molecule has 0 N–H and O–H groups in total. The number of anilines is 2. The van der Waals surface area contributed by atoms with E-state index in [9.17, 15) is 13.2 Å². The van der Waals surface area contributed by atoms with Crippen molar-refractivity contribution in [2.45, 2.75) is 37.2 Å². The zero-order chi connectivity index (χ0) is 24.6. The average Bonchev–Trinajstić information content (AvgIpc) is 3.40. The molecular formula is C28H26N2O4S. The SMILES string of the molecule is Cc1ccc(S(=O)(=O)N(c2ccccc2)[C@H]2C[C@H](C)N(C(=O)c3ccco3)c3ccccc32)cc1. The molecule has 0 saturated carbocycles. The van der Waals surface area contributed by atoms with Gasteiger partial charge in [-0.2, -0.15) is 0 Å². The predicted octanol–water partition coefficient (Wildman–Crippen LogP) is 5.96. The average molecular weight is 487 g/mol. The number of furan rings is 1. The molecule has 0 bridgehead atoms. The number of rotatable bonds is 5. The Morgan fingerprint density at radius 3 is 2.29 bits per heavy atom. The molecule has 4 aromatic rings. The van der Waals surface area contributed by atoms with E-state index in [0.29, 0.717) is 17.8 Å². The lowest BCUT2D eigenvalue weighted by Crippen LogP contribution is -2.47. The lowest BCUT2D eigenvalue weighted by Gasteiger charge is -2.43. The molecule has 7 heteroatoms. The highest BCUT2D eigenvalue weighted by molar-refractivity contribution is 7.92. The van der Waals surface area contributed by atoms with Gasteiger partial charge in [-0.05, 0) is 68.3 Å². The normalized spacial score (nSPS) is 17.6. The van der Waals surface area contributed by atoms with Gasteiger partial charge in [-0.25, -0.2) is 8.42 Å². The number of fused-ring (bicyclic) bond motifs is 1. The molecule has 0 fully saturated rings. The van der Waals surface area contributed by atoms with Crippen molar-refractivity contribution in [3.8, 4) is 0 Å². The van der Waals surface area contributed by atoms with Gasteiger partial charge in [0.2, 0.25) is 0 Å². The van der Waals surface area contributed by atoms with Gasteiger partial charge < -0.3 is 9.32 Å². The monoisotopic (exact) mass is 486 g/mol. The fraction of sp³-hybridized carbons (Fsp3) is 0.179. The highest BCUT2D eigenvalue weighted by atomic mass is 32.2. The molecular weight excluding hydrogens is 460 g/mol. The zero-order valence-corrected chi connectivity index (χ0v) is 20.4. The molecule has 0 unspecified atom stereocenters. The first-order valence-electron chi connectivity index (χ1n) is 11.5. The molecule has 6 nitrogen and oxygen atoms in total. The third kappa shape index (κ3) is 4.12. The van der Waals surface area contributed by atoms with Gasteiger partial charge in [-0.1, -0.05) is 54.1 Å². The van der Waals surface area contributed by atoms with Crippen molar-refractivity contribution in [1.29, 1.82) is 0 Å². The quantitative estimate of drug-likeness (QED) is 0.349. The summed E-state index contributed by atoms with van der Waals surface area (Å²) in [4.78, 5) is 15.3. The van der Waals surface area contributed by atoms with Gasteiger partial charge in [0.25, 0.3) is 15.9 Å². The van der Waals surface area contributed by atoms with Crippen molar-refractivity contribution in [3.63, 3.8) is 0 Å². The number of aryl methyl sites for hydroxylation is 1. The highest BCUT2D eigenvalue weighted by Gasteiger charge is 2.41. The summed E-state index contributed by atoms with van der Waals surface area (Å²) in [5.74, 6) is -0.00153. The van der Waals surface area contributed by atoms with Gasteiger partial charge in [-0.15, -0.1) is 0 Å². The van der Waals surface area contributed by atoms with Crippen LogP contribution in [0.2, 0.25) is 0 Å². The standard InChI is InChI=1S/C28H26N2O4S/c1-20-14-16-23(17-15-20)35(32,33)30(22-9-4-3-5-10-22)26-19-21(2)29(25-12-7-6-11-24(25)26)28(31)27-13-8-18-34-27/h3-18,21,26H,19H2,1-2H3/t21-,26-/m0/s1. The van der Waals surface area contributed by atoms with Crippen molar-refractivity contribution in [1.82, 2.24) is 0 Å². The summed E-state index contributed by atoms with van der Waals surface area (Å²) in [5, 5.41) is 0. The highest BCUT2D eigenvalue weighted by Crippen LogP contribution is 2.44. The van der Waals surface area contributed by atoms with Gasteiger partial charge in [0.05, 0.1) is 22.9 Å². The maximum atomic E-state index is 14.1. The largest absolute Gasteiger partial charge is 0.459 e. The number of hydrogen-bond acceptors (Lipinski definition) is 4. The van der Waals surface area contributed by atoms with Crippen LogP contribution in [0.25, 0.3) is 0 Å². The summed E-state index contributed by atoms with van der Waals surface area (Å²) in [6.45, 7) is 3.86. The van der Waals surface area contributed by atoms with E-state index in [4.69, 9.17) is 4.42 Å². The van der Waals surface area contributed by atoms with E-state index in [1.165, 1.54) is 10.6 Å². The molecule has 5 rings (SSSR count). The van der Waals surface area contributed by atoms with Crippen LogP contribution in [0.3, 0.4) is 0 Å². The van der Waals surface area contributed by atoms with Crippen molar-refractivity contribution in [2.24, 2.45) is 0 Å². The van der Waals surface area contributed by atoms with Crippen molar-refractivity contribution < 1.29 is 17.6 Å². The second-order valence-corrected chi connectivity index (χ2v) is 10.6. The van der Waals surface area contributed by atoms with Gasteiger partial charge in [0.15, 0.2) is 5.76 Å². The minimum atomic E-state index is -3.91. The number of nitrogens with zero attached hydrogens (tertiary/aromatic N) is 2. The van der Waals surface area contributed by atoms with E-state index in [1.807, 2.05) is 56.3 Å². The fourth-order valence-electron chi connectivity index (χ4n) is 4.72. The third-order valence-corrected chi connectivity index (χ3v) is 8.23. The number of carbonyl (C=O) groups is 1. The minimum Gasteiger partial charge on any atom is -0.459 e. The summed E-state index contributed by atoms with van der Waals surface area (Å²) in [5.41, 5.74) is 3.01. The van der Waals surface area contributed by atoms with E-state index >= 15 is 0 Å². The Hall–Kier alpha value is -3.84. The van der Waals surface area contributed by atoms with Crippen LogP contribution in [-0.2, 0) is 10.0 Å². The van der Waals surface area contributed by atoms with Crippen LogP contribution in [0, 0.1) is 6.92 Å². The molecule has 0 saturated heterocycles. The Kier molecular flexibility index (Phi) is 5.94. The molecule has 0 aliphatic carbocycles. The van der Waals surface area contributed by atoms with Crippen LogP contribution in [-0.4, -0.2) is 20.4 Å². The molecule has 178 valence electrons. The number of benzene rings is 3. The lowest BCUT2D eigenvalue weighted by atomic mass is 9.91. The van der Waals surface area contributed by atoms with E-state index in [0.717, 1.165) is 11.1 Å². The summed E-state index contributed by atoms with van der Waals surface area (Å²) in [6.07, 6.45) is 1.89. The van der Waals surface area contributed by atoms with Crippen LogP contribution in [0.1, 0.15) is 41.1 Å². The van der Waals surface area contributed by atoms with Crippen LogP contribution in [0.5, 0.6) is 0 Å². The molecule has 1 aromatic heterocycles. The van der Waals surface area contributed by atoms with Crippen molar-refractivity contribution in [3.05, 3.63) is 114 Å². The third-order valence-electron chi connectivity index (χ3n) is 6.38. The van der Waals surface area contributed by atoms with E-state index in [2.05, 4.69) is 0 Å². The zero-order valence-electron chi connectivity index (χ0n) is 19.5. The maximum Gasteiger partial charge on any atom is 0.294 e. The molecule has 1 aliphatic heterocycles. The summed E-state index contributed by atoms with van der Waals surface area (Å²) in [7, 11) is -3.91. The minimum absolute atomic E-state index is 0.228. The Labute approximate surface area is 205 Å². The van der Waals surface area contributed by atoms with Crippen LogP contribution in [0.15, 0.2) is 107 Å². The Morgan fingerprint density at radius 1 is 0.914 bits per heavy atom. The number of para-hydroxylation sites is 2. The molecule has 2 heterocycles. The molecule has 0 radical (unpaired) electrons. The molecule has 35 heavy (non-hydrogen) atoms. The van der Waals surface area contributed by atoms with Crippen LogP contribution in [0.4, 0.5) is 11.4 Å². The van der Waals surface area contributed by atoms with Gasteiger partial charge in [0.1, 0.15) is 0 Å². The molecule has 3 aromatic carbocycles. The van der Waals surface area contributed by atoms with Crippen LogP contribution < -0.4 is 9.21 Å². The first-order chi connectivity index (χ1) is 16.9. The lowest BCUT2D eigenvalue weighted by molar-refractivity contribution is 0.0947. The summed E-state index contributed by atoms with van der Waals surface area (Å²) < 4.78 is 35.1. The topological polar surface area (TPSA) is 70.8 Å². The van der Waals surface area contributed by atoms with E-state index < -0.39 is 16.1 Å². The summed E-state index contributed by atoms with van der Waals surface area (Å²) >= 11 is 0. The predicted molar refractivity (Wildman–Crippen MR) is 136 cm³/mol. The van der Waals surface area contributed by atoms with Gasteiger partial charge in [-0.3, -0.25) is 9.10 Å². The van der Waals surface area contributed by atoms with Crippen molar-refractivity contribution >= 4 is 27.3 Å². The molecule has 0 spiro atoms. The maximum absolute atomic E-state index is 14.1. The van der Waals surface area contributed by atoms with Gasteiger partial charge >= 0.3 is 0 Å². The van der Waals surface area contributed by atoms with Gasteiger partial charge in [0, 0.05) is 11.7 Å². The Balaban J connectivity index is 1.66. The Morgan fingerprint density at radius 2 is 1.60 bits per heavy atom. The first kappa shape index (κ1) is 22.9. The second-order valence-electron chi connectivity index (χ2n) is 8.76. The fourth-order valence-corrected chi connectivity index (χ4v) is 6.36. The number of hydrogen-bond donors (Lipinski definition) is 0. The number of amides is 1. The van der Waals surface area contributed by atoms with Crippen molar-refractivity contribution in [2.75, 3.05) is 9.21 Å². The first-order valence-corrected chi connectivity index (χ1v) is 12.9.